The van der Waals surface area contributed by atoms with Crippen molar-refractivity contribution in [3.8, 4) is 11.5 Å². The molecular weight excluding hydrogens is 536 g/mol. The molecule has 2 heterocycles. The Labute approximate surface area is 215 Å². The lowest BCUT2D eigenvalue weighted by Gasteiger charge is -2.29. The topological polar surface area (TPSA) is 79.3 Å². The summed E-state index contributed by atoms with van der Waals surface area (Å²) in [6, 6.07) is 17.1. The number of ether oxygens (including phenoxy) is 1. The van der Waals surface area contributed by atoms with E-state index in [0.717, 1.165) is 0 Å². The molecule has 9 heteroatoms. The van der Waals surface area contributed by atoms with Crippen molar-refractivity contribution in [2.75, 3.05) is 16.6 Å². The van der Waals surface area contributed by atoms with E-state index in [1.165, 1.54) is 4.90 Å². The van der Waals surface area contributed by atoms with Crippen LogP contribution in [0.25, 0.3) is 0 Å². The molecule has 0 spiro atoms. The predicted octanol–water partition coefficient (Wildman–Crippen LogP) is 5.57. The van der Waals surface area contributed by atoms with E-state index in [2.05, 4.69) is 15.9 Å². The van der Waals surface area contributed by atoms with E-state index >= 15 is 0 Å². The van der Waals surface area contributed by atoms with Crippen LogP contribution in [-0.2, 0) is 14.4 Å². The normalized spacial score (nSPS) is 21.5. The summed E-state index contributed by atoms with van der Waals surface area (Å²) in [4.78, 5) is 34.7. The van der Waals surface area contributed by atoms with Gasteiger partial charge in [-0.05, 0) is 77.3 Å². The molecular formula is C26H22BrClN2O5. The highest BCUT2D eigenvalue weighted by molar-refractivity contribution is 9.10. The van der Waals surface area contributed by atoms with Crippen LogP contribution in [0.2, 0.25) is 5.02 Å². The smallest absolute Gasteiger partial charge is 0.266 e. The van der Waals surface area contributed by atoms with Gasteiger partial charge < -0.3 is 9.84 Å². The van der Waals surface area contributed by atoms with E-state index in [0.29, 0.717) is 38.6 Å². The van der Waals surface area contributed by atoms with Crippen LogP contribution in [0.5, 0.6) is 11.5 Å². The number of para-hydroxylation sites is 1. The molecule has 0 aliphatic carbocycles. The van der Waals surface area contributed by atoms with Gasteiger partial charge in [-0.15, -0.1) is 0 Å². The van der Waals surface area contributed by atoms with Gasteiger partial charge >= 0.3 is 0 Å². The monoisotopic (exact) mass is 556 g/mol. The van der Waals surface area contributed by atoms with Gasteiger partial charge in [0.05, 0.1) is 28.5 Å². The zero-order valence-corrected chi connectivity index (χ0v) is 21.3. The molecule has 0 saturated carbocycles. The van der Waals surface area contributed by atoms with Crippen LogP contribution in [0, 0.1) is 12.8 Å². The number of phenols is 1. The van der Waals surface area contributed by atoms with Crippen molar-refractivity contribution in [1.29, 1.82) is 0 Å². The first-order chi connectivity index (χ1) is 16.8. The molecule has 0 bridgehead atoms. The molecule has 2 aliphatic rings. The number of hydrogen-bond donors (Lipinski definition) is 1. The molecule has 3 atom stereocenters. The Kier molecular flexibility index (Phi) is 6.21. The number of hydrogen-bond acceptors (Lipinski definition) is 6. The van der Waals surface area contributed by atoms with Crippen molar-refractivity contribution in [3.05, 3.63) is 81.3 Å². The number of carbonyl (C=O) groups is 2. The Hall–Kier alpha value is -3.07. The maximum atomic E-state index is 13.8. The van der Waals surface area contributed by atoms with E-state index in [-0.39, 0.29) is 17.4 Å². The number of anilines is 2. The van der Waals surface area contributed by atoms with Crippen LogP contribution in [0.4, 0.5) is 11.4 Å². The number of carbonyl (C=O) groups excluding carboxylic acids is 2. The largest absolute Gasteiger partial charge is 0.503 e. The molecule has 1 N–H and O–H groups in total. The highest BCUT2D eigenvalue weighted by atomic mass is 79.9. The third-order valence-electron chi connectivity index (χ3n) is 6.30. The van der Waals surface area contributed by atoms with Crippen molar-refractivity contribution in [2.45, 2.75) is 26.0 Å². The zero-order valence-electron chi connectivity index (χ0n) is 18.9. The van der Waals surface area contributed by atoms with Gasteiger partial charge in [0.1, 0.15) is 5.92 Å². The van der Waals surface area contributed by atoms with Gasteiger partial charge in [-0.25, -0.2) is 9.96 Å². The summed E-state index contributed by atoms with van der Waals surface area (Å²) in [5.41, 5.74) is 2.43. The zero-order chi connectivity index (χ0) is 24.9. The minimum Gasteiger partial charge on any atom is -0.503 e. The second-order valence-electron chi connectivity index (χ2n) is 8.34. The quantitative estimate of drug-likeness (QED) is 0.414. The molecule has 0 radical (unpaired) electrons. The van der Waals surface area contributed by atoms with E-state index in [4.69, 9.17) is 21.2 Å². The lowest BCUT2D eigenvalue weighted by Crippen LogP contribution is -2.37. The summed E-state index contributed by atoms with van der Waals surface area (Å²) < 4.78 is 6.03. The van der Waals surface area contributed by atoms with Gasteiger partial charge in [-0.2, -0.15) is 0 Å². The highest BCUT2D eigenvalue weighted by Gasteiger charge is 2.60. The third-order valence-corrected chi connectivity index (χ3v) is 7.31. The van der Waals surface area contributed by atoms with Crippen LogP contribution in [0.15, 0.2) is 65.1 Å². The Balaban J connectivity index is 1.64. The van der Waals surface area contributed by atoms with Gasteiger partial charge in [0, 0.05) is 5.02 Å². The Morgan fingerprint density at radius 2 is 1.83 bits per heavy atom. The summed E-state index contributed by atoms with van der Waals surface area (Å²) in [7, 11) is 0. The fourth-order valence-corrected chi connectivity index (χ4v) is 5.29. The molecule has 7 nitrogen and oxygen atoms in total. The van der Waals surface area contributed by atoms with Crippen LogP contribution < -0.4 is 14.7 Å². The number of halogens is 2. The molecule has 3 aromatic rings. The third kappa shape index (κ3) is 3.86. The predicted molar refractivity (Wildman–Crippen MR) is 136 cm³/mol. The van der Waals surface area contributed by atoms with Gasteiger partial charge in [0.25, 0.3) is 5.91 Å². The van der Waals surface area contributed by atoms with Crippen molar-refractivity contribution in [1.82, 2.24) is 0 Å². The molecule has 2 saturated heterocycles. The second-order valence-corrected chi connectivity index (χ2v) is 9.60. The van der Waals surface area contributed by atoms with Gasteiger partial charge in [0.15, 0.2) is 17.6 Å². The number of hydroxylamine groups is 1. The summed E-state index contributed by atoms with van der Waals surface area (Å²) >= 11 is 9.67. The minimum absolute atomic E-state index is 0.0395. The highest BCUT2D eigenvalue weighted by Crippen LogP contribution is 2.50. The van der Waals surface area contributed by atoms with E-state index in [9.17, 15) is 14.7 Å². The number of fused-ring (bicyclic) bond motifs is 1. The lowest BCUT2D eigenvalue weighted by atomic mass is 9.90. The summed E-state index contributed by atoms with van der Waals surface area (Å²) in [5, 5.41) is 12.5. The van der Waals surface area contributed by atoms with Crippen LogP contribution in [0.1, 0.15) is 24.1 Å². The van der Waals surface area contributed by atoms with Gasteiger partial charge in [0.2, 0.25) is 5.91 Å². The second kappa shape index (κ2) is 9.18. The molecule has 0 aromatic heterocycles. The first kappa shape index (κ1) is 23.7. The number of imide groups is 1. The van der Waals surface area contributed by atoms with Crippen molar-refractivity contribution in [3.63, 3.8) is 0 Å². The molecule has 180 valence electrons. The summed E-state index contributed by atoms with van der Waals surface area (Å²) in [5.74, 6) is -1.42. The van der Waals surface area contributed by atoms with E-state index in [1.54, 1.807) is 42.3 Å². The molecule has 3 aromatic carbocycles. The number of benzene rings is 3. The fourth-order valence-electron chi connectivity index (χ4n) is 4.66. The van der Waals surface area contributed by atoms with Crippen LogP contribution in [-0.4, -0.2) is 29.6 Å². The standard InChI is InChI=1S/C26H22BrClN2O5/c1-3-34-20-13-15(12-17(27)23(20)31)22-21-24(35-30(22)16-8-5-4-6-9-16)26(33)29(25(21)32)19-11-7-10-18(28)14(19)2/h4-13,21-22,24,31H,3H2,1-2H3/t21-,22-,24-/m1/s1. The first-order valence-electron chi connectivity index (χ1n) is 11.1. The molecule has 2 fully saturated rings. The lowest BCUT2D eigenvalue weighted by molar-refractivity contribution is -0.126. The molecule has 2 amide bonds. The Bertz CT molecular complexity index is 1320. The number of amides is 2. The number of aromatic hydroxyl groups is 1. The maximum absolute atomic E-state index is 13.8. The van der Waals surface area contributed by atoms with Gasteiger partial charge in [-0.3, -0.25) is 14.4 Å². The van der Waals surface area contributed by atoms with Crippen LogP contribution in [0.3, 0.4) is 0 Å². The van der Waals surface area contributed by atoms with E-state index < -0.39 is 24.0 Å². The van der Waals surface area contributed by atoms with E-state index in [1.807, 2.05) is 37.3 Å². The molecule has 0 unspecified atom stereocenters. The van der Waals surface area contributed by atoms with Gasteiger partial charge in [-0.1, -0.05) is 35.9 Å². The summed E-state index contributed by atoms with van der Waals surface area (Å²) in [6.45, 7) is 3.93. The SMILES string of the molecule is CCOc1cc([C@@H]2[C@H]3C(=O)N(c4cccc(Cl)c4C)C(=O)[C@@H]3ON2c2ccccc2)cc(Br)c1O. The van der Waals surface area contributed by atoms with Crippen molar-refractivity contribution < 1.29 is 24.3 Å². The number of phenolic OH excluding ortho intramolecular Hbond substituents is 1. The average Bonchev–Trinajstić information content (AvgIpc) is 3.35. The Morgan fingerprint density at radius 1 is 1.09 bits per heavy atom. The van der Waals surface area contributed by atoms with Crippen molar-refractivity contribution >= 4 is 50.7 Å². The molecule has 2 aliphatic heterocycles. The van der Waals surface area contributed by atoms with Crippen molar-refractivity contribution in [2.24, 2.45) is 5.92 Å². The fraction of sp³-hybridized carbons (Fsp3) is 0.231. The van der Waals surface area contributed by atoms with Crippen LogP contribution >= 0.6 is 27.5 Å². The Morgan fingerprint density at radius 3 is 2.54 bits per heavy atom. The summed E-state index contributed by atoms with van der Waals surface area (Å²) in [6.07, 6.45) is -1.02. The molecule has 35 heavy (non-hydrogen) atoms. The molecule has 5 rings (SSSR count). The first-order valence-corrected chi connectivity index (χ1v) is 12.3. The average molecular weight is 558 g/mol. The number of nitrogens with zero attached hydrogens (tertiary/aromatic N) is 2. The number of rotatable bonds is 5. The minimum atomic E-state index is -1.02. The maximum Gasteiger partial charge on any atom is 0.266 e.